The summed E-state index contributed by atoms with van der Waals surface area (Å²) < 4.78 is 27.7. The molecule has 0 aliphatic heterocycles. The molecule has 0 aromatic carbocycles. The van der Waals surface area contributed by atoms with Gasteiger partial charge in [0.1, 0.15) is 10.9 Å². The highest BCUT2D eigenvalue weighted by Gasteiger charge is 2.08. The molecule has 1 heterocycles. The minimum atomic E-state index is -2.91. The molecule has 6 heteroatoms. The van der Waals surface area contributed by atoms with E-state index in [1.54, 1.807) is 0 Å². The lowest BCUT2D eigenvalue weighted by Gasteiger charge is -2.05. The Bertz CT molecular complexity index is 365. The minimum absolute atomic E-state index is 0.00622. The smallest absolute Gasteiger partial charge is 0.387 e. The summed E-state index contributed by atoms with van der Waals surface area (Å²) in [5.41, 5.74) is 0.368. The molecule has 0 aliphatic rings. The van der Waals surface area contributed by atoms with Crippen molar-refractivity contribution in [2.45, 2.75) is 13.0 Å². The molecule has 0 N–H and O–H groups in total. The fraction of sp³-hybridized carbons (Fsp3) is 0.250. The number of nitrogens with zero attached hydrogens (tertiary/aromatic N) is 2. The highest BCUT2D eigenvalue weighted by molar-refractivity contribution is 6.30. The van der Waals surface area contributed by atoms with Crippen LogP contribution < -0.4 is 4.74 Å². The summed E-state index contributed by atoms with van der Waals surface area (Å²) in [7, 11) is 0. The Morgan fingerprint density at radius 3 is 2.93 bits per heavy atom. The molecular weight excluding hydrogens is 214 g/mol. The molecular formula is C8H5ClF2N2O. The number of pyridine rings is 1. The number of alkyl halides is 2. The number of hydrogen-bond donors (Lipinski definition) is 0. The molecule has 0 unspecified atom stereocenters. The first kappa shape index (κ1) is 10.7. The van der Waals surface area contributed by atoms with Crippen LogP contribution in [-0.4, -0.2) is 11.6 Å². The maximum absolute atomic E-state index is 11.8. The predicted octanol–water partition coefficient (Wildman–Crippen LogP) is 2.40. The lowest BCUT2D eigenvalue weighted by atomic mass is 10.2. The van der Waals surface area contributed by atoms with Crippen LogP contribution in [0.3, 0.4) is 0 Å². The molecule has 1 rings (SSSR count). The van der Waals surface area contributed by atoms with Gasteiger partial charge in [-0.3, -0.25) is 0 Å². The summed E-state index contributed by atoms with van der Waals surface area (Å²) in [4.78, 5) is 3.61. The Balaban J connectivity index is 2.89. The number of hydrogen-bond acceptors (Lipinski definition) is 3. The second kappa shape index (κ2) is 4.72. The van der Waals surface area contributed by atoms with Crippen molar-refractivity contribution >= 4 is 11.6 Å². The molecule has 0 amide bonds. The zero-order valence-electron chi connectivity index (χ0n) is 6.88. The Hall–Kier alpha value is -1.41. The Morgan fingerprint density at radius 1 is 1.64 bits per heavy atom. The largest absolute Gasteiger partial charge is 0.433 e. The fourth-order valence-corrected chi connectivity index (χ4v) is 1.02. The van der Waals surface area contributed by atoms with Crippen LogP contribution in [0.25, 0.3) is 0 Å². The van der Waals surface area contributed by atoms with Crippen LogP contribution in [0.2, 0.25) is 5.15 Å². The SMILES string of the molecule is N#CCc1cc(OC(F)F)cnc1Cl. The van der Waals surface area contributed by atoms with E-state index in [4.69, 9.17) is 16.9 Å². The van der Waals surface area contributed by atoms with Crippen molar-refractivity contribution in [3.63, 3.8) is 0 Å². The van der Waals surface area contributed by atoms with Gasteiger partial charge in [0.15, 0.2) is 0 Å². The molecule has 1 aromatic heterocycles. The van der Waals surface area contributed by atoms with E-state index < -0.39 is 6.61 Å². The molecule has 0 saturated heterocycles. The third-order valence-electron chi connectivity index (χ3n) is 1.38. The van der Waals surface area contributed by atoms with E-state index in [2.05, 4.69) is 9.72 Å². The number of aromatic nitrogens is 1. The summed E-state index contributed by atoms with van der Waals surface area (Å²) in [6, 6.07) is 3.11. The van der Waals surface area contributed by atoms with Crippen LogP contribution in [0, 0.1) is 11.3 Å². The fourth-order valence-electron chi connectivity index (χ4n) is 0.848. The number of halogens is 3. The summed E-state index contributed by atoms with van der Waals surface area (Å²) in [5, 5.41) is 8.51. The first-order chi connectivity index (χ1) is 6.63. The van der Waals surface area contributed by atoms with Gasteiger partial charge in [-0.25, -0.2) is 4.98 Å². The molecule has 3 nitrogen and oxygen atoms in total. The topological polar surface area (TPSA) is 45.9 Å². The molecule has 0 atom stereocenters. The second-order valence-electron chi connectivity index (χ2n) is 2.33. The molecule has 0 spiro atoms. The van der Waals surface area contributed by atoms with Crippen LogP contribution in [-0.2, 0) is 6.42 Å². The third-order valence-corrected chi connectivity index (χ3v) is 1.72. The van der Waals surface area contributed by atoms with Crippen molar-refractivity contribution in [1.29, 1.82) is 5.26 Å². The van der Waals surface area contributed by atoms with Crippen LogP contribution >= 0.6 is 11.6 Å². The van der Waals surface area contributed by atoms with Gasteiger partial charge in [-0.05, 0) is 6.07 Å². The molecule has 0 bridgehead atoms. The van der Waals surface area contributed by atoms with Gasteiger partial charge in [-0.2, -0.15) is 14.0 Å². The minimum Gasteiger partial charge on any atom is -0.433 e. The zero-order chi connectivity index (χ0) is 10.6. The van der Waals surface area contributed by atoms with E-state index in [9.17, 15) is 8.78 Å². The van der Waals surface area contributed by atoms with Crippen LogP contribution in [0.15, 0.2) is 12.3 Å². The van der Waals surface area contributed by atoms with Crippen LogP contribution in [0.4, 0.5) is 8.78 Å². The van der Waals surface area contributed by atoms with Crippen molar-refractivity contribution in [1.82, 2.24) is 4.98 Å². The quantitative estimate of drug-likeness (QED) is 0.732. The summed E-state index contributed by atoms with van der Waals surface area (Å²) >= 11 is 5.61. The van der Waals surface area contributed by atoms with Crippen molar-refractivity contribution in [3.05, 3.63) is 23.0 Å². The average molecular weight is 219 g/mol. The number of ether oxygens (including phenoxy) is 1. The lowest BCUT2D eigenvalue weighted by molar-refractivity contribution is -0.0501. The highest BCUT2D eigenvalue weighted by atomic mass is 35.5. The van der Waals surface area contributed by atoms with Gasteiger partial charge in [-0.1, -0.05) is 11.6 Å². The molecule has 0 aliphatic carbocycles. The van der Waals surface area contributed by atoms with E-state index in [0.717, 1.165) is 6.20 Å². The second-order valence-corrected chi connectivity index (χ2v) is 2.69. The van der Waals surface area contributed by atoms with Gasteiger partial charge in [0.2, 0.25) is 0 Å². The summed E-state index contributed by atoms with van der Waals surface area (Å²) in [6.07, 6.45) is 1.08. The van der Waals surface area contributed by atoms with Crippen molar-refractivity contribution in [2.24, 2.45) is 0 Å². The van der Waals surface area contributed by atoms with Crippen molar-refractivity contribution in [2.75, 3.05) is 0 Å². The van der Waals surface area contributed by atoms with Crippen molar-refractivity contribution in [3.8, 4) is 11.8 Å². The Labute approximate surface area is 83.9 Å². The van der Waals surface area contributed by atoms with Crippen LogP contribution in [0.1, 0.15) is 5.56 Å². The number of nitriles is 1. The third kappa shape index (κ3) is 2.82. The van der Waals surface area contributed by atoms with Crippen LogP contribution in [0.5, 0.6) is 5.75 Å². The molecule has 74 valence electrons. The van der Waals surface area contributed by atoms with Crippen molar-refractivity contribution < 1.29 is 13.5 Å². The first-order valence-corrected chi connectivity index (χ1v) is 3.97. The first-order valence-electron chi connectivity index (χ1n) is 3.59. The number of rotatable bonds is 3. The summed E-state index contributed by atoms with van der Waals surface area (Å²) in [5.74, 6) is -0.102. The van der Waals surface area contributed by atoms with E-state index in [1.807, 2.05) is 6.07 Å². The maximum Gasteiger partial charge on any atom is 0.387 e. The van der Waals surface area contributed by atoms with Gasteiger partial charge < -0.3 is 4.74 Å². The Kier molecular flexibility index (Phi) is 3.60. The van der Waals surface area contributed by atoms with Gasteiger partial charge in [0.05, 0.1) is 18.7 Å². The summed E-state index contributed by atoms with van der Waals surface area (Å²) in [6.45, 7) is -2.91. The molecule has 1 aromatic rings. The predicted molar refractivity (Wildman–Crippen MR) is 45.2 cm³/mol. The molecule has 0 fully saturated rings. The van der Waals surface area contributed by atoms with Gasteiger partial charge >= 0.3 is 6.61 Å². The maximum atomic E-state index is 11.8. The molecule has 0 radical (unpaired) electrons. The zero-order valence-corrected chi connectivity index (χ0v) is 7.63. The standard InChI is InChI=1S/C8H5ClF2N2O/c9-7-5(1-2-12)3-6(4-13-7)14-8(10)11/h3-4,8H,1H2. The molecule has 0 saturated carbocycles. The molecule has 14 heavy (non-hydrogen) atoms. The average Bonchev–Trinajstić information content (AvgIpc) is 2.10. The van der Waals surface area contributed by atoms with Gasteiger partial charge in [0.25, 0.3) is 0 Å². The monoisotopic (exact) mass is 218 g/mol. The lowest BCUT2D eigenvalue weighted by Crippen LogP contribution is -2.03. The van der Waals surface area contributed by atoms with Gasteiger partial charge in [-0.15, -0.1) is 0 Å². The van der Waals surface area contributed by atoms with E-state index in [1.165, 1.54) is 6.07 Å². The van der Waals surface area contributed by atoms with E-state index in [0.29, 0.717) is 5.56 Å². The van der Waals surface area contributed by atoms with Gasteiger partial charge in [0, 0.05) is 5.56 Å². The van der Waals surface area contributed by atoms with E-state index >= 15 is 0 Å². The highest BCUT2D eigenvalue weighted by Crippen LogP contribution is 2.20. The van der Waals surface area contributed by atoms with E-state index in [-0.39, 0.29) is 17.3 Å². The normalized spacial score (nSPS) is 9.93. The Morgan fingerprint density at radius 2 is 2.36 bits per heavy atom.